The second-order valence-electron chi connectivity index (χ2n) is 7.50. The summed E-state index contributed by atoms with van der Waals surface area (Å²) >= 11 is 0. The van der Waals surface area contributed by atoms with Crippen molar-refractivity contribution < 1.29 is 4.79 Å². The first-order valence-corrected chi connectivity index (χ1v) is 9.80. The molecule has 1 aliphatic rings. The van der Waals surface area contributed by atoms with Gasteiger partial charge in [-0.2, -0.15) is 0 Å². The predicted octanol–water partition coefficient (Wildman–Crippen LogP) is 1.90. The Balaban J connectivity index is 1.58. The summed E-state index contributed by atoms with van der Waals surface area (Å²) in [5.74, 6) is 2.99. The number of aromatic amines is 1. The van der Waals surface area contributed by atoms with Crippen molar-refractivity contribution in [1.29, 1.82) is 0 Å². The lowest BCUT2D eigenvalue weighted by Gasteiger charge is -2.32. The van der Waals surface area contributed by atoms with Crippen LogP contribution in [0.1, 0.15) is 21.5 Å². The van der Waals surface area contributed by atoms with Crippen molar-refractivity contribution in [2.24, 2.45) is 0 Å². The van der Waals surface area contributed by atoms with Crippen LogP contribution in [-0.4, -0.2) is 63.7 Å². The Hall–Kier alpha value is -3.63. The molecule has 4 rings (SSSR count). The predicted molar refractivity (Wildman–Crippen MR) is 116 cm³/mol. The highest BCUT2D eigenvalue weighted by atomic mass is 16.2. The number of amides is 1. The molecule has 1 aromatic carbocycles. The van der Waals surface area contributed by atoms with E-state index in [4.69, 9.17) is 6.42 Å². The number of carbonyl (C=O) groups excluding carboxylic acids is 1. The molecule has 0 spiro atoms. The Labute approximate surface area is 174 Å². The second kappa shape index (κ2) is 8.01. The molecule has 3 heterocycles. The van der Waals surface area contributed by atoms with Crippen LogP contribution in [0.3, 0.4) is 0 Å². The fourth-order valence-corrected chi connectivity index (χ4v) is 3.63. The molecule has 1 N–H and O–H groups in total. The van der Waals surface area contributed by atoms with E-state index in [0.717, 1.165) is 29.8 Å². The molecule has 1 fully saturated rings. The summed E-state index contributed by atoms with van der Waals surface area (Å²) in [5, 5.41) is 2.96. The fourth-order valence-electron chi connectivity index (χ4n) is 3.63. The van der Waals surface area contributed by atoms with E-state index >= 15 is 0 Å². The van der Waals surface area contributed by atoms with E-state index in [9.17, 15) is 9.59 Å². The summed E-state index contributed by atoms with van der Waals surface area (Å²) in [7, 11) is 2.05. The summed E-state index contributed by atoms with van der Waals surface area (Å²) in [6.45, 7) is 5.05. The standard InChI is InChI=1S/C23H23N5O2/c1-4-17-5-7-19(16(2)13-17)20-15-25-28(23(20)30)21-8-6-18(14-24-21)22(29)27-11-9-26(3)10-12-27/h1,5-8,13-15,25H,9-12H2,2-3H3. The molecule has 152 valence electrons. The highest BCUT2D eigenvalue weighted by molar-refractivity contribution is 5.94. The van der Waals surface area contributed by atoms with Gasteiger partial charge >= 0.3 is 0 Å². The van der Waals surface area contributed by atoms with Gasteiger partial charge in [0.05, 0.1) is 11.1 Å². The van der Waals surface area contributed by atoms with Gasteiger partial charge in [0.1, 0.15) is 0 Å². The van der Waals surface area contributed by atoms with E-state index < -0.39 is 0 Å². The van der Waals surface area contributed by atoms with E-state index in [1.807, 2.05) is 37.1 Å². The first-order valence-electron chi connectivity index (χ1n) is 9.80. The van der Waals surface area contributed by atoms with Gasteiger partial charge in [0, 0.05) is 44.1 Å². The van der Waals surface area contributed by atoms with Crippen LogP contribution < -0.4 is 5.56 Å². The van der Waals surface area contributed by atoms with Crippen LogP contribution >= 0.6 is 0 Å². The molecular formula is C23H23N5O2. The van der Waals surface area contributed by atoms with E-state index in [-0.39, 0.29) is 11.5 Å². The number of likely N-dealkylation sites (N-methyl/N-ethyl adjacent to an activating group) is 1. The highest BCUT2D eigenvalue weighted by Crippen LogP contribution is 2.21. The van der Waals surface area contributed by atoms with Crippen LogP contribution in [-0.2, 0) is 0 Å². The molecule has 0 radical (unpaired) electrons. The number of nitrogens with zero attached hydrogens (tertiary/aromatic N) is 4. The third kappa shape index (κ3) is 3.65. The lowest BCUT2D eigenvalue weighted by atomic mass is 10.0. The maximum absolute atomic E-state index is 12.9. The zero-order chi connectivity index (χ0) is 21.3. The summed E-state index contributed by atoms with van der Waals surface area (Å²) in [5.41, 5.74) is 3.36. The van der Waals surface area contributed by atoms with Crippen LogP contribution in [0.4, 0.5) is 0 Å². The number of aromatic nitrogens is 3. The second-order valence-corrected chi connectivity index (χ2v) is 7.50. The smallest absolute Gasteiger partial charge is 0.280 e. The van der Waals surface area contributed by atoms with Gasteiger partial charge in [-0.1, -0.05) is 12.0 Å². The van der Waals surface area contributed by atoms with Crippen LogP contribution in [0.25, 0.3) is 16.9 Å². The maximum atomic E-state index is 12.9. The number of carbonyl (C=O) groups is 1. The summed E-state index contributed by atoms with van der Waals surface area (Å²) in [6.07, 6.45) is 8.63. The fraction of sp³-hybridized carbons (Fsp3) is 0.261. The summed E-state index contributed by atoms with van der Waals surface area (Å²) in [6, 6.07) is 8.94. The van der Waals surface area contributed by atoms with Crippen LogP contribution in [0, 0.1) is 19.3 Å². The Morgan fingerprint density at radius 3 is 2.53 bits per heavy atom. The largest absolute Gasteiger partial charge is 0.336 e. The minimum atomic E-state index is -0.211. The topological polar surface area (TPSA) is 74.2 Å². The van der Waals surface area contributed by atoms with Gasteiger partial charge in [-0.3, -0.25) is 14.7 Å². The summed E-state index contributed by atoms with van der Waals surface area (Å²) in [4.78, 5) is 34.0. The molecule has 1 aliphatic heterocycles. The minimum Gasteiger partial charge on any atom is -0.336 e. The first kappa shape index (κ1) is 19.7. The Morgan fingerprint density at radius 2 is 1.90 bits per heavy atom. The molecule has 1 amide bonds. The molecule has 0 bridgehead atoms. The molecule has 0 atom stereocenters. The Bertz CT molecular complexity index is 1180. The Morgan fingerprint density at radius 1 is 1.13 bits per heavy atom. The maximum Gasteiger partial charge on any atom is 0.280 e. The molecule has 0 aliphatic carbocycles. The Kier molecular flexibility index (Phi) is 5.25. The van der Waals surface area contributed by atoms with Crippen molar-refractivity contribution in [2.45, 2.75) is 6.92 Å². The number of H-pyrrole nitrogens is 1. The molecule has 1 saturated heterocycles. The molecular weight excluding hydrogens is 378 g/mol. The molecule has 7 heteroatoms. The monoisotopic (exact) mass is 401 g/mol. The minimum absolute atomic E-state index is 0.0362. The number of hydrogen-bond acceptors (Lipinski definition) is 4. The van der Waals surface area contributed by atoms with E-state index in [2.05, 4.69) is 20.9 Å². The van der Waals surface area contributed by atoms with Gasteiger partial charge in [0.15, 0.2) is 5.82 Å². The van der Waals surface area contributed by atoms with E-state index in [0.29, 0.717) is 30.0 Å². The number of piperazine rings is 1. The molecule has 3 aromatic rings. The van der Waals surface area contributed by atoms with Crippen LogP contribution in [0.15, 0.2) is 47.5 Å². The van der Waals surface area contributed by atoms with Gasteiger partial charge in [0.2, 0.25) is 0 Å². The first-order chi connectivity index (χ1) is 14.5. The zero-order valence-corrected chi connectivity index (χ0v) is 17.1. The van der Waals surface area contributed by atoms with Crippen LogP contribution in [0.2, 0.25) is 0 Å². The quantitative estimate of drug-likeness (QED) is 0.681. The zero-order valence-electron chi connectivity index (χ0n) is 17.1. The molecule has 0 unspecified atom stereocenters. The number of terminal acetylenes is 1. The molecule has 7 nitrogen and oxygen atoms in total. The number of aryl methyl sites for hydroxylation is 1. The van der Waals surface area contributed by atoms with Gasteiger partial charge < -0.3 is 9.80 Å². The van der Waals surface area contributed by atoms with Gasteiger partial charge in [-0.25, -0.2) is 9.67 Å². The highest BCUT2D eigenvalue weighted by Gasteiger charge is 2.21. The van der Waals surface area contributed by atoms with Crippen molar-refractivity contribution in [3.05, 3.63) is 69.8 Å². The lowest BCUT2D eigenvalue weighted by molar-refractivity contribution is 0.0663. The number of benzene rings is 1. The van der Waals surface area contributed by atoms with Crippen molar-refractivity contribution in [3.63, 3.8) is 0 Å². The average molecular weight is 401 g/mol. The number of pyridine rings is 1. The number of nitrogens with one attached hydrogen (secondary N) is 1. The SMILES string of the molecule is C#Cc1ccc(-c2c[nH]n(-c3ccc(C(=O)N4CCN(C)CC4)cn3)c2=O)c(C)c1. The normalized spacial score (nSPS) is 14.5. The number of rotatable bonds is 3. The average Bonchev–Trinajstić information content (AvgIpc) is 3.15. The molecule has 2 aromatic heterocycles. The summed E-state index contributed by atoms with van der Waals surface area (Å²) < 4.78 is 1.37. The van der Waals surface area contributed by atoms with E-state index in [1.165, 1.54) is 10.9 Å². The number of hydrogen-bond donors (Lipinski definition) is 1. The van der Waals surface area contributed by atoms with Crippen molar-refractivity contribution in [1.82, 2.24) is 24.6 Å². The van der Waals surface area contributed by atoms with Crippen molar-refractivity contribution in [3.8, 4) is 29.3 Å². The van der Waals surface area contributed by atoms with Crippen molar-refractivity contribution >= 4 is 5.91 Å². The van der Waals surface area contributed by atoms with Crippen molar-refractivity contribution in [2.75, 3.05) is 33.2 Å². The molecule has 0 saturated carbocycles. The van der Waals surface area contributed by atoms with Crippen LogP contribution in [0.5, 0.6) is 0 Å². The van der Waals surface area contributed by atoms with Gasteiger partial charge in [0.25, 0.3) is 11.5 Å². The van der Waals surface area contributed by atoms with Gasteiger partial charge in [-0.15, -0.1) is 6.42 Å². The third-order valence-electron chi connectivity index (χ3n) is 5.47. The third-order valence-corrected chi connectivity index (χ3v) is 5.47. The van der Waals surface area contributed by atoms with E-state index in [1.54, 1.807) is 18.3 Å². The molecule has 30 heavy (non-hydrogen) atoms. The van der Waals surface area contributed by atoms with Gasteiger partial charge in [-0.05, 0) is 49.4 Å². The lowest BCUT2D eigenvalue weighted by Crippen LogP contribution is -2.47.